The van der Waals surface area contributed by atoms with Gasteiger partial charge in [-0.1, -0.05) is 36.4 Å². The first-order valence-electron chi connectivity index (χ1n) is 6.11. The molecule has 0 amide bonds. The molecule has 0 radical (unpaired) electrons. The quantitative estimate of drug-likeness (QED) is 0.451. The summed E-state index contributed by atoms with van der Waals surface area (Å²) in [6, 6.07) is 16.8. The van der Waals surface area contributed by atoms with Crippen LogP contribution in [0.4, 0.5) is 0 Å². The van der Waals surface area contributed by atoms with E-state index in [1.165, 1.54) is 24.3 Å². The average Bonchev–Trinajstić information content (AvgIpc) is 2.57. The van der Waals surface area contributed by atoms with Crippen LogP contribution < -0.4 is 55.9 Å². The maximum atomic E-state index is 10.3. The number of rotatable bonds is 3. The van der Waals surface area contributed by atoms with Crippen LogP contribution in [0, 0.1) is 0 Å². The van der Waals surface area contributed by atoms with Gasteiger partial charge in [-0.3, -0.25) is 0 Å². The first kappa shape index (κ1) is 22.1. The van der Waals surface area contributed by atoms with Gasteiger partial charge in [-0.25, -0.2) is 8.42 Å². The molecule has 24 heavy (non-hydrogen) atoms. The fourth-order valence-corrected chi connectivity index (χ4v) is 4.52. The van der Waals surface area contributed by atoms with E-state index in [9.17, 15) is 13.0 Å². The van der Waals surface area contributed by atoms with Gasteiger partial charge < -0.3 is 9.08 Å². The number of hydrogen-bond acceptors (Lipinski definition) is 7. The van der Waals surface area contributed by atoms with Gasteiger partial charge in [0, 0.05) is 9.02 Å². The van der Waals surface area contributed by atoms with Crippen LogP contribution in [-0.2, 0) is 10.1 Å². The smallest absolute Gasteiger partial charge is 0.744 e. The van der Waals surface area contributed by atoms with E-state index in [1.54, 1.807) is 6.07 Å². The summed E-state index contributed by atoms with van der Waals surface area (Å²) in [4.78, 5) is -0.185. The van der Waals surface area contributed by atoms with Crippen molar-refractivity contribution in [1.29, 1.82) is 0 Å². The molecule has 0 atom stereocenters. The molecule has 0 aliphatic carbocycles. The van der Waals surface area contributed by atoms with E-state index in [0.29, 0.717) is 0 Å². The van der Waals surface area contributed by atoms with Crippen molar-refractivity contribution in [3.05, 3.63) is 60.7 Å². The fraction of sp³-hybridized carbons (Fsp3) is 0. The van der Waals surface area contributed by atoms with Gasteiger partial charge in [0.05, 0.1) is 4.90 Å². The Balaban J connectivity index is 0.000000238. The molecule has 0 unspecified atom stereocenters. The van der Waals surface area contributed by atoms with Crippen molar-refractivity contribution in [3.63, 3.8) is 0 Å². The Morgan fingerprint density at radius 3 is 1.88 bits per heavy atom. The number of hydrogen-bond donors (Lipinski definition) is 0. The van der Waals surface area contributed by atoms with Gasteiger partial charge in [0.1, 0.15) is 10.1 Å². The zero-order chi connectivity index (χ0) is 16.5. The van der Waals surface area contributed by atoms with Crippen molar-refractivity contribution in [2.75, 3.05) is 0 Å². The molecule has 0 aliphatic rings. The molecule has 2 aromatic carbocycles. The monoisotopic (exact) mass is 424 g/mol. The van der Waals surface area contributed by atoms with Gasteiger partial charge in [-0.05, 0) is 28.8 Å². The maximum absolute atomic E-state index is 10.3. The topological polar surface area (TPSA) is 105 Å². The predicted octanol–water partition coefficient (Wildman–Crippen LogP) is 0.736. The Morgan fingerprint density at radius 1 is 0.917 bits per heavy atom. The number of benzene rings is 2. The molecule has 0 saturated carbocycles. The summed E-state index contributed by atoms with van der Waals surface area (Å²) in [5, 5.41) is 0. The molecule has 0 spiro atoms. The van der Waals surface area contributed by atoms with Crippen LogP contribution in [0.15, 0.2) is 65.6 Å². The SMILES string of the molecule is O=S(=O)([O-])c1ccccc1.[K+].c1ccc(O[p+]2npnpn2)cc1. The Hall–Kier alpha value is 0.0864. The first-order chi connectivity index (χ1) is 11.1. The summed E-state index contributed by atoms with van der Waals surface area (Å²) in [7, 11) is -3.82. The summed E-state index contributed by atoms with van der Waals surface area (Å²) >= 11 is 0. The first-order valence-corrected chi connectivity index (χ1v) is 10.3. The molecule has 0 N–H and O–H groups in total. The molecular formula is C12H10KN3O4P3S+. The molecule has 1 aromatic heterocycles. The molecule has 0 saturated heterocycles. The molecule has 0 fully saturated rings. The van der Waals surface area contributed by atoms with Crippen molar-refractivity contribution < 1.29 is 68.9 Å². The summed E-state index contributed by atoms with van der Waals surface area (Å²) in [5.74, 6) is 0.813. The third kappa shape index (κ3) is 8.45. The van der Waals surface area contributed by atoms with Crippen molar-refractivity contribution in [1.82, 2.24) is 13.5 Å². The van der Waals surface area contributed by atoms with Crippen molar-refractivity contribution >= 4 is 35.2 Å². The second-order valence-electron chi connectivity index (χ2n) is 3.87. The standard InChI is InChI=1S/C6H5N3OP3.C6H6O3S.K/c1-2-4-6(5-3-1)10-13-8-11-7-12-9-13;7-10(8,9)6-4-2-1-3-5-6;/h1-5H;1-5H,(H,7,8,9);/q+1;;+1/p-1. The van der Waals surface area contributed by atoms with Crippen LogP contribution in [0.3, 0.4) is 0 Å². The normalized spacial score (nSPS) is 11.3. The van der Waals surface area contributed by atoms with E-state index < -0.39 is 18.2 Å². The van der Waals surface area contributed by atoms with Crippen LogP contribution in [0.1, 0.15) is 0 Å². The van der Waals surface area contributed by atoms with Crippen LogP contribution in [0.25, 0.3) is 0 Å². The fourth-order valence-electron chi connectivity index (χ4n) is 1.34. The zero-order valence-electron chi connectivity index (χ0n) is 12.5. The van der Waals surface area contributed by atoms with Gasteiger partial charge in [0.25, 0.3) is 0 Å². The summed E-state index contributed by atoms with van der Waals surface area (Å²) in [6.07, 6.45) is 0. The molecular weight excluding hydrogens is 414 g/mol. The molecule has 1 heterocycles. The molecule has 3 aromatic rings. The largest absolute Gasteiger partial charge is 1.00 e. The Kier molecular flexibility index (Phi) is 10.7. The maximum Gasteiger partial charge on any atom is 1.00 e. The van der Waals surface area contributed by atoms with Gasteiger partial charge >= 0.3 is 76.5 Å². The van der Waals surface area contributed by atoms with Crippen LogP contribution >= 0.6 is 25.1 Å². The van der Waals surface area contributed by atoms with Gasteiger partial charge in [0.15, 0.2) is 5.75 Å². The van der Waals surface area contributed by atoms with E-state index in [1.807, 2.05) is 30.3 Å². The Morgan fingerprint density at radius 2 is 1.42 bits per heavy atom. The van der Waals surface area contributed by atoms with Crippen molar-refractivity contribution in [2.45, 2.75) is 4.90 Å². The summed E-state index contributed by atoms with van der Waals surface area (Å²) in [5.41, 5.74) is 0. The molecule has 7 nitrogen and oxygen atoms in total. The Labute approximate surface area is 186 Å². The number of para-hydroxylation sites is 1. The van der Waals surface area contributed by atoms with E-state index in [2.05, 4.69) is 13.5 Å². The van der Waals surface area contributed by atoms with E-state index in [-0.39, 0.29) is 56.3 Å². The minimum Gasteiger partial charge on any atom is -0.744 e. The molecule has 3 rings (SSSR count). The summed E-state index contributed by atoms with van der Waals surface area (Å²) in [6.45, 7) is 0. The molecule has 0 bridgehead atoms. The van der Waals surface area contributed by atoms with E-state index in [4.69, 9.17) is 4.52 Å². The van der Waals surface area contributed by atoms with E-state index >= 15 is 0 Å². The van der Waals surface area contributed by atoms with Gasteiger partial charge in [-0.15, -0.1) is 0 Å². The number of aromatic nitrogens is 3. The van der Waals surface area contributed by atoms with Crippen LogP contribution in [-0.4, -0.2) is 26.5 Å². The molecule has 12 heteroatoms. The van der Waals surface area contributed by atoms with Crippen LogP contribution in [0.5, 0.6) is 5.75 Å². The number of nitrogens with zero attached hydrogens (tertiary/aromatic N) is 3. The van der Waals surface area contributed by atoms with Crippen molar-refractivity contribution in [2.24, 2.45) is 0 Å². The van der Waals surface area contributed by atoms with Gasteiger partial charge in [0.2, 0.25) is 0 Å². The molecule has 118 valence electrons. The second kappa shape index (κ2) is 11.7. The minimum atomic E-state index is -4.25. The third-order valence-corrected chi connectivity index (χ3v) is 6.00. The van der Waals surface area contributed by atoms with E-state index in [0.717, 1.165) is 22.8 Å². The summed E-state index contributed by atoms with van der Waals surface area (Å²) < 4.78 is 48.5. The zero-order valence-corrected chi connectivity index (χ0v) is 19.1. The third-order valence-electron chi connectivity index (χ3n) is 2.28. The van der Waals surface area contributed by atoms with Gasteiger partial charge in [-0.2, -0.15) is 0 Å². The van der Waals surface area contributed by atoms with Crippen LogP contribution in [0.2, 0.25) is 0 Å². The minimum absolute atomic E-state index is 0. The predicted molar refractivity (Wildman–Crippen MR) is 88.8 cm³/mol. The average molecular weight is 424 g/mol. The Bertz CT molecular complexity index is 792. The van der Waals surface area contributed by atoms with Crippen molar-refractivity contribution in [3.8, 4) is 5.75 Å². The molecule has 0 aliphatic heterocycles. The second-order valence-corrected chi connectivity index (χ2v) is 8.44.